The molecular formula is C12H20N3O+. The van der Waals surface area contributed by atoms with Gasteiger partial charge in [0.25, 0.3) is 5.82 Å². The molecule has 0 atom stereocenters. The number of imidazole rings is 1. The van der Waals surface area contributed by atoms with E-state index in [4.69, 9.17) is 10.00 Å². The van der Waals surface area contributed by atoms with Crippen LogP contribution >= 0.6 is 0 Å². The van der Waals surface area contributed by atoms with Crippen LogP contribution in [0.5, 0.6) is 0 Å². The molecule has 0 aromatic carbocycles. The molecule has 0 aliphatic heterocycles. The quantitative estimate of drug-likeness (QED) is 0.515. The second-order valence-electron chi connectivity index (χ2n) is 3.71. The van der Waals surface area contributed by atoms with Crippen LogP contribution in [0.4, 0.5) is 0 Å². The van der Waals surface area contributed by atoms with E-state index in [9.17, 15) is 0 Å². The summed E-state index contributed by atoms with van der Waals surface area (Å²) in [5, 5.41) is 8.51. The number of unbranched alkanes of at least 4 members (excludes halogenated alkanes) is 1. The summed E-state index contributed by atoms with van der Waals surface area (Å²) in [7, 11) is 1.72. The summed E-state index contributed by atoms with van der Waals surface area (Å²) < 4.78 is 9.53. The lowest BCUT2D eigenvalue weighted by atomic mass is 10.3. The van der Waals surface area contributed by atoms with Crippen molar-refractivity contribution in [2.45, 2.75) is 39.3 Å². The zero-order valence-corrected chi connectivity index (χ0v) is 10.1. The SMILES string of the molecule is CCc1n(CCOC)cc[n+]1CCCC#N. The highest BCUT2D eigenvalue weighted by Gasteiger charge is 2.14. The Balaban J connectivity index is 2.63. The van der Waals surface area contributed by atoms with Crippen molar-refractivity contribution in [3.05, 3.63) is 18.2 Å². The molecule has 0 fully saturated rings. The molecule has 0 unspecified atom stereocenters. The third kappa shape index (κ3) is 3.35. The Kier molecular flexibility index (Phi) is 5.58. The zero-order chi connectivity index (χ0) is 11.8. The van der Waals surface area contributed by atoms with Gasteiger partial charge in [0, 0.05) is 20.0 Å². The van der Waals surface area contributed by atoms with Crippen molar-refractivity contribution in [2.24, 2.45) is 0 Å². The maximum atomic E-state index is 8.51. The van der Waals surface area contributed by atoms with Crippen molar-refractivity contribution < 1.29 is 9.30 Å². The van der Waals surface area contributed by atoms with E-state index in [1.54, 1.807) is 7.11 Å². The first-order valence-electron chi connectivity index (χ1n) is 5.76. The summed E-state index contributed by atoms with van der Waals surface area (Å²) in [4.78, 5) is 0. The minimum absolute atomic E-state index is 0.624. The Morgan fingerprint density at radius 3 is 3.00 bits per heavy atom. The molecule has 0 saturated heterocycles. The van der Waals surface area contributed by atoms with Crippen LogP contribution in [0.25, 0.3) is 0 Å². The van der Waals surface area contributed by atoms with Gasteiger partial charge < -0.3 is 4.74 Å². The predicted molar refractivity (Wildman–Crippen MR) is 60.7 cm³/mol. The van der Waals surface area contributed by atoms with Gasteiger partial charge in [-0.1, -0.05) is 6.92 Å². The molecule has 0 amide bonds. The monoisotopic (exact) mass is 222 g/mol. The van der Waals surface area contributed by atoms with Crippen molar-refractivity contribution in [3.8, 4) is 6.07 Å². The zero-order valence-electron chi connectivity index (χ0n) is 10.1. The molecule has 88 valence electrons. The molecule has 0 bridgehead atoms. The van der Waals surface area contributed by atoms with Crippen molar-refractivity contribution in [2.75, 3.05) is 13.7 Å². The van der Waals surface area contributed by atoms with Crippen LogP contribution in [0.1, 0.15) is 25.6 Å². The van der Waals surface area contributed by atoms with Crippen LogP contribution in [0.15, 0.2) is 12.4 Å². The standard InChI is InChI=1S/C12H20N3O/c1-3-12-14(7-5-4-6-13)8-9-15(12)10-11-16-2/h8-9H,3-5,7,10-11H2,1-2H3/q+1. The van der Waals surface area contributed by atoms with E-state index >= 15 is 0 Å². The Labute approximate surface area is 97.1 Å². The molecule has 4 nitrogen and oxygen atoms in total. The number of rotatable bonds is 7. The van der Waals surface area contributed by atoms with Crippen molar-refractivity contribution >= 4 is 0 Å². The summed E-state index contributed by atoms with van der Waals surface area (Å²) in [6.07, 6.45) is 6.72. The lowest BCUT2D eigenvalue weighted by molar-refractivity contribution is -0.704. The lowest BCUT2D eigenvalue weighted by Gasteiger charge is -2.02. The fraction of sp³-hybridized carbons (Fsp3) is 0.667. The third-order valence-electron chi connectivity index (χ3n) is 2.63. The molecule has 1 aromatic heterocycles. The summed E-state index contributed by atoms with van der Waals surface area (Å²) in [5.74, 6) is 1.30. The first-order valence-corrected chi connectivity index (χ1v) is 5.76. The molecule has 0 saturated carbocycles. The molecule has 1 heterocycles. The largest absolute Gasteiger partial charge is 0.381 e. The van der Waals surface area contributed by atoms with Gasteiger partial charge in [-0.05, 0) is 6.42 Å². The molecule has 0 N–H and O–H groups in total. The summed E-state index contributed by atoms with van der Waals surface area (Å²) in [6, 6.07) is 2.18. The fourth-order valence-corrected chi connectivity index (χ4v) is 1.83. The Morgan fingerprint density at radius 2 is 2.38 bits per heavy atom. The average Bonchev–Trinajstić information content (AvgIpc) is 2.69. The van der Waals surface area contributed by atoms with Gasteiger partial charge in [-0.25, -0.2) is 9.13 Å². The van der Waals surface area contributed by atoms with Gasteiger partial charge in [0.1, 0.15) is 18.9 Å². The fourth-order valence-electron chi connectivity index (χ4n) is 1.83. The van der Waals surface area contributed by atoms with Gasteiger partial charge in [-0.3, -0.25) is 0 Å². The van der Waals surface area contributed by atoms with Crippen LogP contribution < -0.4 is 4.57 Å². The normalized spacial score (nSPS) is 10.3. The molecule has 1 aromatic rings. The number of aromatic nitrogens is 2. The molecule has 16 heavy (non-hydrogen) atoms. The highest BCUT2D eigenvalue weighted by atomic mass is 16.5. The van der Waals surface area contributed by atoms with Gasteiger partial charge in [0.15, 0.2) is 0 Å². The van der Waals surface area contributed by atoms with Crippen LogP contribution in [0.2, 0.25) is 0 Å². The number of hydrogen-bond donors (Lipinski definition) is 0. The lowest BCUT2D eigenvalue weighted by Crippen LogP contribution is -2.37. The van der Waals surface area contributed by atoms with Crippen molar-refractivity contribution in [1.29, 1.82) is 5.26 Å². The minimum atomic E-state index is 0.624. The Morgan fingerprint density at radius 1 is 1.56 bits per heavy atom. The molecule has 0 radical (unpaired) electrons. The summed E-state index contributed by atoms with van der Waals surface area (Å²) >= 11 is 0. The van der Waals surface area contributed by atoms with Crippen LogP contribution in [0, 0.1) is 11.3 Å². The van der Waals surface area contributed by atoms with E-state index in [0.717, 1.165) is 32.5 Å². The first kappa shape index (κ1) is 12.7. The van der Waals surface area contributed by atoms with Gasteiger partial charge in [-0.2, -0.15) is 5.26 Å². The molecule has 0 spiro atoms. The molecule has 1 rings (SSSR count). The summed E-state index contributed by atoms with van der Waals surface area (Å²) in [6.45, 7) is 4.71. The van der Waals surface area contributed by atoms with Crippen molar-refractivity contribution in [3.63, 3.8) is 0 Å². The van der Waals surface area contributed by atoms with Crippen molar-refractivity contribution in [1.82, 2.24) is 4.57 Å². The number of methoxy groups -OCH3 is 1. The second kappa shape index (κ2) is 7.02. The van der Waals surface area contributed by atoms with E-state index in [2.05, 4.69) is 34.5 Å². The number of hydrogen-bond acceptors (Lipinski definition) is 2. The molecular weight excluding hydrogens is 202 g/mol. The molecule has 0 aliphatic rings. The first-order chi connectivity index (χ1) is 7.83. The summed E-state index contributed by atoms with van der Waals surface area (Å²) in [5.41, 5.74) is 0. The van der Waals surface area contributed by atoms with Crippen LogP contribution in [-0.2, 0) is 24.2 Å². The molecule has 4 heteroatoms. The predicted octanol–water partition coefficient (Wildman–Crippen LogP) is 1.29. The Hall–Kier alpha value is -1.34. The second-order valence-corrected chi connectivity index (χ2v) is 3.71. The number of nitriles is 1. The maximum Gasteiger partial charge on any atom is 0.256 e. The minimum Gasteiger partial charge on any atom is -0.381 e. The van der Waals surface area contributed by atoms with Gasteiger partial charge in [0.05, 0.1) is 19.2 Å². The third-order valence-corrected chi connectivity index (χ3v) is 2.63. The average molecular weight is 222 g/mol. The topological polar surface area (TPSA) is 41.8 Å². The number of ether oxygens (including phenoxy) is 1. The maximum absolute atomic E-state index is 8.51. The van der Waals surface area contributed by atoms with Gasteiger partial charge in [-0.15, -0.1) is 0 Å². The van der Waals surface area contributed by atoms with E-state index < -0.39 is 0 Å². The van der Waals surface area contributed by atoms with Crippen LogP contribution in [0.3, 0.4) is 0 Å². The van der Waals surface area contributed by atoms with E-state index in [0.29, 0.717) is 6.42 Å². The highest BCUT2D eigenvalue weighted by molar-refractivity contribution is 4.83. The molecule has 0 aliphatic carbocycles. The van der Waals surface area contributed by atoms with E-state index in [1.807, 2.05) is 0 Å². The van der Waals surface area contributed by atoms with Gasteiger partial charge in [0.2, 0.25) is 0 Å². The van der Waals surface area contributed by atoms with Gasteiger partial charge >= 0.3 is 0 Å². The van der Waals surface area contributed by atoms with Crippen LogP contribution in [-0.4, -0.2) is 18.3 Å². The highest BCUT2D eigenvalue weighted by Crippen LogP contribution is 1.98. The van der Waals surface area contributed by atoms with E-state index in [-0.39, 0.29) is 0 Å². The number of aryl methyl sites for hydroxylation is 1. The van der Waals surface area contributed by atoms with E-state index in [1.165, 1.54) is 5.82 Å². The Bertz CT molecular complexity index is 352. The smallest absolute Gasteiger partial charge is 0.256 e. The number of nitrogens with zero attached hydrogens (tertiary/aromatic N) is 3.